The van der Waals surface area contributed by atoms with Gasteiger partial charge in [0.2, 0.25) is 5.43 Å². The number of halogens is 1. The van der Waals surface area contributed by atoms with Gasteiger partial charge in [-0.1, -0.05) is 0 Å². The molecule has 1 unspecified atom stereocenters. The minimum Gasteiger partial charge on any atom is -0.487 e. The van der Waals surface area contributed by atoms with Crippen molar-refractivity contribution in [3.63, 3.8) is 0 Å². The second-order valence-electron chi connectivity index (χ2n) is 7.86. The predicted octanol–water partition coefficient (Wildman–Crippen LogP) is 2.17. The lowest BCUT2D eigenvalue weighted by Gasteiger charge is -2.31. The summed E-state index contributed by atoms with van der Waals surface area (Å²) >= 11 is 1.13. The van der Waals surface area contributed by atoms with Crippen molar-refractivity contribution in [2.45, 2.75) is 32.4 Å². The summed E-state index contributed by atoms with van der Waals surface area (Å²) in [6, 6.07) is 1.20. The van der Waals surface area contributed by atoms with Crippen molar-refractivity contribution in [1.82, 2.24) is 8.94 Å². The fourth-order valence-corrected chi connectivity index (χ4v) is 5.42. The highest BCUT2D eigenvalue weighted by molar-refractivity contribution is 7.12. The van der Waals surface area contributed by atoms with Crippen LogP contribution in [0.15, 0.2) is 15.7 Å². The van der Waals surface area contributed by atoms with Gasteiger partial charge in [-0.05, 0) is 43.8 Å². The van der Waals surface area contributed by atoms with Gasteiger partial charge < -0.3 is 19.9 Å². The topological polar surface area (TPSA) is 93.4 Å². The Balaban J connectivity index is 1.84. The first-order valence-corrected chi connectivity index (χ1v) is 10.2. The van der Waals surface area contributed by atoms with Crippen LogP contribution < -0.4 is 26.4 Å². The Hall–Kier alpha value is -2.39. The van der Waals surface area contributed by atoms with Crippen LogP contribution in [0.1, 0.15) is 26.3 Å². The summed E-state index contributed by atoms with van der Waals surface area (Å²) in [6.07, 6.45) is 0.885. The molecular weight excluding hydrogens is 383 g/mol. The average Bonchev–Trinajstić information content (AvgIpc) is 3.27. The largest absolute Gasteiger partial charge is 0.487 e. The molecule has 5 rings (SSSR count). The number of pyridine rings is 1. The van der Waals surface area contributed by atoms with E-state index in [1.807, 2.05) is 23.3 Å². The molecule has 3 N–H and O–H groups in total. The Morgan fingerprint density at radius 2 is 2.21 bits per heavy atom. The van der Waals surface area contributed by atoms with E-state index in [4.69, 9.17) is 10.5 Å². The number of aromatic amines is 1. The molecule has 1 aromatic carbocycles. The molecule has 3 atom stereocenters. The summed E-state index contributed by atoms with van der Waals surface area (Å²) in [4.78, 5) is 27.7. The highest BCUT2D eigenvalue weighted by atomic mass is 32.1. The number of rotatable bonds is 2. The fourth-order valence-electron chi connectivity index (χ4n) is 4.47. The van der Waals surface area contributed by atoms with Gasteiger partial charge in [-0.3, -0.25) is 14.0 Å². The maximum Gasteiger partial charge on any atom is 0.271 e. The van der Waals surface area contributed by atoms with Gasteiger partial charge in [0.1, 0.15) is 22.5 Å². The highest BCUT2D eigenvalue weighted by Gasteiger charge is 2.34. The summed E-state index contributed by atoms with van der Waals surface area (Å²) < 4.78 is 25.8. The van der Waals surface area contributed by atoms with Crippen molar-refractivity contribution < 1.29 is 9.13 Å². The van der Waals surface area contributed by atoms with Crippen LogP contribution in [-0.2, 0) is 0 Å². The number of nitrogens with zero attached hydrogens (tertiary/aromatic N) is 2. The first-order chi connectivity index (χ1) is 13.4. The Morgan fingerprint density at radius 1 is 1.43 bits per heavy atom. The van der Waals surface area contributed by atoms with Gasteiger partial charge in [0.05, 0.1) is 16.9 Å². The Labute approximate surface area is 163 Å². The maximum absolute atomic E-state index is 15.2. The lowest BCUT2D eigenvalue weighted by atomic mass is 10.0. The van der Waals surface area contributed by atoms with Crippen LogP contribution in [-0.4, -0.2) is 34.7 Å². The van der Waals surface area contributed by atoms with E-state index in [9.17, 15) is 9.59 Å². The standard InChI is InChI=1S/C19H21FN4O3S/c1-8-7-27-17-14-11(16(25)13-18(26)22-28-19(13)24(8)14)5-12(20)15(17)23-4-3-10(6-23)9(2)21/h5,8-10H,3-4,6-7,21H2,1-2H3,(H,22,26)/t8-,9?,10+/m0/s1. The van der Waals surface area contributed by atoms with E-state index in [0.717, 1.165) is 18.0 Å². The number of anilines is 1. The fraction of sp³-hybridized carbons (Fsp3) is 0.474. The van der Waals surface area contributed by atoms with E-state index < -0.39 is 16.8 Å². The zero-order valence-corrected chi connectivity index (χ0v) is 16.4. The second kappa shape index (κ2) is 6.05. The van der Waals surface area contributed by atoms with Gasteiger partial charge in [-0.15, -0.1) is 0 Å². The van der Waals surface area contributed by atoms with Gasteiger partial charge in [0, 0.05) is 19.1 Å². The summed E-state index contributed by atoms with van der Waals surface area (Å²) in [5, 5.41) is 0.268. The number of hydrogen-bond donors (Lipinski definition) is 2. The smallest absolute Gasteiger partial charge is 0.271 e. The molecule has 3 aromatic rings. The predicted molar refractivity (Wildman–Crippen MR) is 108 cm³/mol. The Kier molecular flexibility index (Phi) is 3.82. The lowest BCUT2D eigenvalue weighted by Crippen LogP contribution is -2.31. The first kappa shape index (κ1) is 17.7. The number of fused-ring (bicyclic) bond motifs is 2. The third-order valence-electron chi connectivity index (χ3n) is 5.99. The van der Waals surface area contributed by atoms with Crippen molar-refractivity contribution in [3.05, 3.63) is 32.5 Å². The van der Waals surface area contributed by atoms with Crippen molar-refractivity contribution in [2.75, 3.05) is 24.6 Å². The van der Waals surface area contributed by atoms with Crippen LogP contribution in [0.4, 0.5) is 10.1 Å². The van der Waals surface area contributed by atoms with Crippen LogP contribution >= 0.6 is 11.5 Å². The highest BCUT2D eigenvalue weighted by Crippen LogP contribution is 2.44. The number of benzene rings is 1. The van der Waals surface area contributed by atoms with Crippen molar-refractivity contribution >= 4 is 38.3 Å². The third-order valence-corrected chi connectivity index (χ3v) is 6.87. The van der Waals surface area contributed by atoms with Crippen molar-refractivity contribution in [2.24, 2.45) is 11.7 Å². The third kappa shape index (κ3) is 2.29. The van der Waals surface area contributed by atoms with Gasteiger partial charge in [-0.2, -0.15) is 0 Å². The molecule has 2 aromatic heterocycles. The zero-order chi connectivity index (χ0) is 19.7. The normalized spacial score (nSPS) is 22.8. The monoisotopic (exact) mass is 404 g/mol. The van der Waals surface area contributed by atoms with Crippen LogP contribution in [0, 0.1) is 11.7 Å². The lowest BCUT2D eigenvalue weighted by molar-refractivity contribution is 0.250. The van der Waals surface area contributed by atoms with E-state index in [2.05, 4.69) is 4.37 Å². The molecule has 148 valence electrons. The van der Waals surface area contributed by atoms with E-state index in [1.165, 1.54) is 6.07 Å². The van der Waals surface area contributed by atoms with Gasteiger partial charge in [0.25, 0.3) is 5.56 Å². The summed E-state index contributed by atoms with van der Waals surface area (Å²) in [5.74, 6) is 0.166. The molecule has 1 saturated heterocycles. The molecule has 28 heavy (non-hydrogen) atoms. The molecular formula is C19H21FN4O3S. The molecule has 0 bridgehead atoms. The quantitative estimate of drug-likeness (QED) is 0.683. The minimum absolute atomic E-state index is 0.0285. The molecule has 1 fully saturated rings. The van der Waals surface area contributed by atoms with E-state index in [1.54, 1.807) is 0 Å². The van der Waals surface area contributed by atoms with Crippen LogP contribution in [0.3, 0.4) is 0 Å². The number of nitrogens with one attached hydrogen (secondary N) is 1. The van der Waals surface area contributed by atoms with Gasteiger partial charge in [-0.25, -0.2) is 4.39 Å². The molecule has 4 heterocycles. The minimum atomic E-state index is -0.503. The number of H-pyrrole nitrogens is 1. The van der Waals surface area contributed by atoms with Crippen LogP contribution in [0.2, 0.25) is 0 Å². The zero-order valence-electron chi connectivity index (χ0n) is 15.6. The molecule has 7 nitrogen and oxygen atoms in total. The summed E-state index contributed by atoms with van der Waals surface area (Å²) in [6.45, 7) is 5.60. The number of ether oxygens (including phenoxy) is 1. The SMILES string of the molecule is CC(N)[C@@H]1CCN(c2c(F)cc3c(=O)c4c(=O)[nH]sc4n4c3c2OC[C@@H]4C)C1. The molecule has 0 spiro atoms. The number of aromatic nitrogens is 2. The maximum atomic E-state index is 15.2. The number of nitrogens with two attached hydrogens (primary N) is 1. The summed E-state index contributed by atoms with van der Waals surface area (Å²) in [7, 11) is 0. The van der Waals surface area contributed by atoms with E-state index >= 15 is 4.39 Å². The van der Waals surface area contributed by atoms with Crippen LogP contribution in [0.5, 0.6) is 5.75 Å². The van der Waals surface area contributed by atoms with Gasteiger partial charge in [0.15, 0.2) is 11.6 Å². The molecule has 0 amide bonds. The molecule has 0 aliphatic carbocycles. The first-order valence-electron chi connectivity index (χ1n) is 9.43. The average molecular weight is 404 g/mol. The van der Waals surface area contributed by atoms with E-state index in [0.29, 0.717) is 41.5 Å². The molecule has 0 radical (unpaired) electrons. The molecule has 2 aliphatic rings. The Morgan fingerprint density at radius 3 is 2.93 bits per heavy atom. The Bertz CT molecular complexity index is 1230. The van der Waals surface area contributed by atoms with E-state index in [-0.39, 0.29) is 28.8 Å². The molecule has 9 heteroatoms. The van der Waals surface area contributed by atoms with Crippen LogP contribution in [0.25, 0.3) is 21.1 Å². The number of hydrogen-bond acceptors (Lipinski definition) is 6. The summed E-state index contributed by atoms with van der Waals surface area (Å²) in [5.41, 5.74) is 6.11. The second-order valence-corrected chi connectivity index (χ2v) is 8.65. The van der Waals surface area contributed by atoms with Crippen molar-refractivity contribution in [1.29, 1.82) is 0 Å². The molecule has 2 aliphatic heterocycles. The van der Waals surface area contributed by atoms with Crippen molar-refractivity contribution in [3.8, 4) is 5.75 Å². The van der Waals surface area contributed by atoms with Gasteiger partial charge >= 0.3 is 0 Å². The molecule has 0 saturated carbocycles.